The second-order valence-electron chi connectivity index (χ2n) is 2.86. The van der Waals surface area contributed by atoms with Crippen molar-refractivity contribution in [2.75, 3.05) is 12.0 Å². The first kappa shape index (κ1) is 11.6. The Hall–Kier alpha value is -0.440. The normalized spacial score (nSPS) is 14.9. The highest BCUT2D eigenvalue weighted by Crippen LogP contribution is 2.20. The standard InChI is InChI=1S/C9H16O2S/c1-5-8(10)11-9(3,6-2)7-12-4/h5H,1,6-7H2,2-4H3. The Morgan fingerprint density at radius 1 is 1.75 bits per heavy atom. The topological polar surface area (TPSA) is 26.3 Å². The summed E-state index contributed by atoms with van der Waals surface area (Å²) in [5, 5.41) is 0. The highest BCUT2D eigenvalue weighted by atomic mass is 32.2. The van der Waals surface area contributed by atoms with Crippen molar-refractivity contribution in [3.8, 4) is 0 Å². The maximum absolute atomic E-state index is 10.9. The van der Waals surface area contributed by atoms with Crippen molar-refractivity contribution in [2.24, 2.45) is 0 Å². The van der Waals surface area contributed by atoms with Gasteiger partial charge < -0.3 is 4.74 Å². The number of ether oxygens (including phenoxy) is 1. The molecule has 0 N–H and O–H groups in total. The molecule has 70 valence electrons. The maximum atomic E-state index is 10.9. The largest absolute Gasteiger partial charge is 0.455 e. The molecule has 12 heavy (non-hydrogen) atoms. The average Bonchev–Trinajstić information content (AvgIpc) is 2.05. The molecule has 0 aromatic carbocycles. The zero-order valence-corrected chi connectivity index (χ0v) is 8.74. The predicted octanol–water partition coefficient (Wildman–Crippen LogP) is 2.25. The Morgan fingerprint density at radius 3 is 2.67 bits per heavy atom. The molecule has 0 heterocycles. The van der Waals surface area contributed by atoms with Gasteiger partial charge in [0.1, 0.15) is 5.60 Å². The summed E-state index contributed by atoms with van der Waals surface area (Å²) in [5.41, 5.74) is -0.343. The van der Waals surface area contributed by atoms with Crippen LogP contribution in [0.15, 0.2) is 12.7 Å². The van der Waals surface area contributed by atoms with E-state index in [4.69, 9.17) is 4.74 Å². The third-order valence-corrected chi connectivity index (χ3v) is 2.61. The van der Waals surface area contributed by atoms with Crippen LogP contribution >= 0.6 is 11.8 Å². The van der Waals surface area contributed by atoms with Crippen molar-refractivity contribution in [3.63, 3.8) is 0 Å². The second-order valence-corrected chi connectivity index (χ2v) is 3.73. The van der Waals surface area contributed by atoms with E-state index in [9.17, 15) is 4.79 Å². The zero-order chi connectivity index (χ0) is 9.61. The summed E-state index contributed by atoms with van der Waals surface area (Å²) < 4.78 is 5.20. The van der Waals surface area contributed by atoms with E-state index in [0.29, 0.717) is 0 Å². The molecule has 0 rings (SSSR count). The van der Waals surface area contributed by atoms with Crippen LogP contribution in [0.3, 0.4) is 0 Å². The fraction of sp³-hybridized carbons (Fsp3) is 0.667. The summed E-state index contributed by atoms with van der Waals surface area (Å²) in [6.45, 7) is 7.30. The van der Waals surface area contributed by atoms with Gasteiger partial charge in [0.25, 0.3) is 0 Å². The lowest BCUT2D eigenvalue weighted by Crippen LogP contribution is -2.33. The minimum atomic E-state index is -0.343. The molecule has 2 nitrogen and oxygen atoms in total. The van der Waals surface area contributed by atoms with Gasteiger partial charge in [0.05, 0.1) is 0 Å². The summed E-state index contributed by atoms with van der Waals surface area (Å²) in [4.78, 5) is 10.9. The van der Waals surface area contributed by atoms with Crippen molar-refractivity contribution in [1.82, 2.24) is 0 Å². The van der Waals surface area contributed by atoms with Crippen LogP contribution in [-0.2, 0) is 9.53 Å². The fourth-order valence-electron chi connectivity index (χ4n) is 0.794. The minimum Gasteiger partial charge on any atom is -0.455 e. The number of carbonyl (C=O) groups excluding carboxylic acids is 1. The fourth-order valence-corrected chi connectivity index (χ4v) is 1.67. The lowest BCUT2D eigenvalue weighted by atomic mass is 10.1. The summed E-state index contributed by atoms with van der Waals surface area (Å²) in [7, 11) is 0. The van der Waals surface area contributed by atoms with E-state index >= 15 is 0 Å². The van der Waals surface area contributed by atoms with Crippen LogP contribution in [0.2, 0.25) is 0 Å². The van der Waals surface area contributed by atoms with Gasteiger partial charge in [-0.2, -0.15) is 11.8 Å². The number of hydrogen-bond acceptors (Lipinski definition) is 3. The van der Waals surface area contributed by atoms with Gasteiger partial charge in [0.2, 0.25) is 0 Å². The predicted molar refractivity (Wildman–Crippen MR) is 53.4 cm³/mol. The van der Waals surface area contributed by atoms with Crippen molar-refractivity contribution in [2.45, 2.75) is 25.9 Å². The van der Waals surface area contributed by atoms with Crippen LogP contribution in [0, 0.1) is 0 Å². The second kappa shape index (κ2) is 5.25. The Labute approximate surface area is 78.4 Å². The molecule has 0 aliphatic heterocycles. The molecular formula is C9H16O2S. The SMILES string of the molecule is C=CC(=O)OC(C)(CC)CSC. The van der Waals surface area contributed by atoms with Crippen molar-refractivity contribution < 1.29 is 9.53 Å². The molecular weight excluding hydrogens is 172 g/mol. The number of carbonyl (C=O) groups is 1. The van der Waals surface area contributed by atoms with Crippen LogP contribution < -0.4 is 0 Å². The first-order valence-corrected chi connectivity index (χ1v) is 5.31. The minimum absolute atomic E-state index is 0.339. The molecule has 0 saturated heterocycles. The van der Waals surface area contributed by atoms with E-state index < -0.39 is 0 Å². The lowest BCUT2D eigenvalue weighted by molar-refractivity contribution is -0.149. The summed E-state index contributed by atoms with van der Waals surface area (Å²) in [6, 6.07) is 0. The van der Waals surface area contributed by atoms with E-state index in [1.807, 2.05) is 20.1 Å². The van der Waals surface area contributed by atoms with Crippen LogP contribution in [0.4, 0.5) is 0 Å². The first-order chi connectivity index (χ1) is 5.58. The molecule has 1 unspecified atom stereocenters. The molecule has 0 fully saturated rings. The number of esters is 1. The van der Waals surface area contributed by atoms with Gasteiger partial charge in [-0.3, -0.25) is 0 Å². The van der Waals surface area contributed by atoms with E-state index in [-0.39, 0.29) is 11.6 Å². The van der Waals surface area contributed by atoms with Gasteiger partial charge >= 0.3 is 5.97 Å². The first-order valence-electron chi connectivity index (χ1n) is 3.92. The maximum Gasteiger partial charge on any atom is 0.330 e. The molecule has 0 aromatic rings. The molecule has 0 aliphatic carbocycles. The van der Waals surface area contributed by atoms with Gasteiger partial charge in [-0.25, -0.2) is 4.79 Å². The Bertz CT molecular complexity index is 168. The van der Waals surface area contributed by atoms with Crippen LogP contribution in [0.25, 0.3) is 0 Å². The average molecular weight is 188 g/mol. The molecule has 0 spiro atoms. The number of rotatable bonds is 5. The quantitative estimate of drug-likeness (QED) is 0.489. The molecule has 0 radical (unpaired) electrons. The van der Waals surface area contributed by atoms with E-state index in [1.54, 1.807) is 11.8 Å². The molecule has 1 atom stereocenters. The van der Waals surface area contributed by atoms with Crippen molar-refractivity contribution >= 4 is 17.7 Å². The third kappa shape index (κ3) is 3.81. The highest BCUT2D eigenvalue weighted by Gasteiger charge is 2.24. The van der Waals surface area contributed by atoms with Crippen LogP contribution in [0.1, 0.15) is 20.3 Å². The smallest absolute Gasteiger partial charge is 0.330 e. The third-order valence-electron chi connectivity index (χ3n) is 1.71. The van der Waals surface area contributed by atoms with Crippen LogP contribution in [0.5, 0.6) is 0 Å². The molecule has 0 saturated carbocycles. The molecule has 0 bridgehead atoms. The lowest BCUT2D eigenvalue weighted by Gasteiger charge is -2.26. The number of hydrogen-bond donors (Lipinski definition) is 0. The van der Waals surface area contributed by atoms with Gasteiger partial charge in [-0.1, -0.05) is 13.5 Å². The van der Waals surface area contributed by atoms with E-state index in [1.165, 1.54) is 6.08 Å². The Balaban J connectivity index is 4.12. The highest BCUT2D eigenvalue weighted by molar-refractivity contribution is 7.98. The van der Waals surface area contributed by atoms with E-state index in [2.05, 4.69) is 6.58 Å². The van der Waals surface area contributed by atoms with Crippen LogP contribution in [-0.4, -0.2) is 23.6 Å². The molecule has 3 heteroatoms. The number of thioether (sulfide) groups is 1. The summed E-state index contributed by atoms with van der Waals surface area (Å²) >= 11 is 1.67. The molecule has 0 amide bonds. The van der Waals surface area contributed by atoms with E-state index in [0.717, 1.165) is 12.2 Å². The zero-order valence-electron chi connectivity index (χ0n) is 7.92. The summed E-state index contributed by atoms with van der Waals surface area (Å²) in [5.74, 6) is 0.483. The molecule has 0 aromatic heterocycles. The van der Waals surface area contributed by atoms with Gasteiger partial charge in [-0.05, 0) is 19.6 Å². The van der Waals surface area contributed by atoms with Gasteiger partial charge in [-0.15, -0.1) is 0 Å². The van der Waals surface area contributed by atoms with Gasteiger partial charge in [0, 0.05) is 11.8 Å². The van der Waals surface area contributed by atoms with Crippen molar-refractivity contribution in [3.05, 3.63) is 12.7 Å². The monoisotopic (exact) mass is 188 g/mol. The molecule has 0 aliphatic rings. The van der Waals surface area contributed by atoms with Crippen molar-refractivity contribution in [1.29, 1.82) is 0 Å². The van der Waals surface area contributed by atoms with Gasteiger partial charge in [0.15, 0.2) is 0 Å². The Morgan fingerprint density at radius 2 is 2.33 bits per heavy atom. The summed E-state index contributed by atoms with van der Waals surface area (Å²) in [6.07, 6.45) is 4.03. The Kier molecular flexibility index (Phi) is 5.06.